The molecule has 1 aliphatic rings. The molecule has 0 fully saturated rings. The fourth-order valence-electron chi connectivity index (χ4n) is 2.16. The highest BCUT2D eigenvalue weighted by molar-refractivity contribution is 5.94. The molecular formula is C14H9F3N2. The number of halogens is 3. The van der Waals surface area contributed by atoms with E-state index in [1.165, 1.54) is 6.07 Å². The molecule has 5 heteroatoms. The highest BCUT2D eigenvalue weighted by Gasteiger charge is 2.32. The normalized spacial score (nSPS) is 13.6. The Hall–Kier alpha value is -2.17. The molecule has 1 aromatic heterocycles. The molecule has 0 aliphatic carbocycles. The third-order valence-electron chi connectivity index (χ3n) is 3.05. The van der Waals surface area contributed by atoms with Crippen LogP contribution in [0.3, 0.4) is 0 Å². The monoisotopic (exact) mass is 262 g/mol. The van der Waals surface area contributed by atoms with E-state index in [0.717, 1.165) is 11.6 Å². The average molecular weight is 262 g/mol. The van der Waals surface area contributed by atoms with Crippen LogP contribution in [0.1, 0.15) is 16.7 Å². The van der Waals surface area contributed by atoms with Crippen LogP contribution in [-0.4, -0.2) is 11.2 Å². The number of alkyl halides is 3. The number of rotatable bonds is 1. The molecule has 19 heavy (non-hydrogen) atoms. The van der Waals surface area contributed by atoms with Gasteiger partial charge in [0.1, 0.15) is 0 Å². The smallest absolute Gasteiger partial charge is 0.288 e. The Morgan fingerprint density at radius 2 is 2.00 bits per heavy atom. The minimum absolute atomic E-state index is 0.298. The van der Waals surface area contributed by atoms with E-state index in [4.69, 9.17) is 0 Å². The lowest BCUT2D eigenvalue weighted by Gasteiger charge is -2.13. The summed E-state index contributed by atoms with van der Waals surface area (Å²) in [5, 5.41) is 0. The molecular weight excluding hydrogens is 253 g/mol. The van der Waals surface area contributed by atoms with E-state index < -0.39 is 11.7 Å². The average Bonchev–Trinajstić information content (AvgIpc) is 2.85. The Morgan fingerprint density at radius 1 is 1.16 bits per heavy atom. The van der Waals surface area contributed by atoms with Crippen LogP contribution in [0.15, 0.2) is 41.7 Å². The largest absolute Gasteiger partial charge is 0.416 e. The number of hydrogen-bond acceptors (Lipinski definition) is 2. The molecule has 2 aromatic rings. The summed E-state index contributed by atoms with van der Waals surface area (Å²) in [4.78, 5) is 8.00. The van der Waals surface area contributed by atoms with Crippen molar-refractivity contribution >= 4 is 6.21 Å². The van der Waals surface area contributed by atoms with Crippen LogP contribution in [0.5, 0.6) is 0 Å². The molecule has 0 N–H and O–H groups in total. The summed E-state index contributed by atoms with van der Waals surface area (Å²) < 4.78 is 38.7. The summed E-state index contributed by atoms with van der Waals surface area (Å²) in [6.45, 7) is 0.298. The van der Waals surface area contributed by atoms with E-state index in [9.17, 15) is 13.2 Å². The SMILES string of the molecule is FC(F)(F)c1cc2c(c(-c3cccnc3)c1)C=NC2. The zero-order valence-electron chi connectivity index (χ0n) is 9.78. The minimum Gasteiger partial charge on any atom is -0.288 e. The third kappa shape index (κ3) is 2.12. The van der Waals surface area contributed by atoms with Gasteiger partial charge in [-0.3, -0.25) is 9.98 Å². The predicted molar refractivity (Wildman–Crippen MR) is 66.0 cm³/mol. The van der Waals surface area contributed by atoms with Gasteiger partial charge in [-0.25, -0.2) is 0 Å². The molecule has 3 rings (SSSR count). The first kappa shape index (κ1) is 11.9. The van der Waals surface area contributed by atoms with Crippen molar-refractivity contribution in [1.82, 2.24) is 4.98 Å². The summed E-state index contributed by atoms with van der Waals surface area (Å²) in [7, 11) is 0. The lowest BCUT2D eigenvalue weighted by Crippen LogP contribution is -2.07. The van der Waals surface area contributed by atoms with Gasteiger partial charge in [0.2, 0.25) is 0 Å². The molecule has 96 valence electrons. The van der Waals surface area contributed by atoms with Gasteiger partial charge < -0.3 is 0 Å². The van der Waals surface area contributed by atoms with Crippen molar-refractivity contribution in [2.45, 2.75) is 12.7 Å². The molecule has 0 saturated heterocycles. The maximum Gasteiger partial charge on any atom is 0.416 e. The van der Waals surface area contributed by atoms with Crippen LogP contribution in [0.25, 0.3) is 11.1 Å². The van der Waals surface area contributed by atoms with Crippen molar-refractivity contribution in [3.63, 3.8) is 0 Å². The van der Waals surface area contributed by atoms with Gasteiger partial charge in [0.15, 0.2) is 0 Å². The van der Waals surface area contributed by atoms with Crippen LogP contribution in [0.2, 0.25) is 0 Å². The summed E-state index contributed by atoms with van der Waals surface area (Å²) in [6.07, 6.45) is 0.416. The summed E-state index contributed by atoms with van der Waals surface area (Å²) in [5.74, 6) is 0. The standard InChI is InChI=1S/C14H9F3N2/c15-14(16,17)11-4-10-7-19-8-13(10)12(5-11)9-2-1-3-18-6-9/h1-6,8H,7H2. The molecule has 0 amide bonds. The highest BCUT2D eigenvalue weighted by atomic mass is 19.4. The van der Waals surface area contributed by atoms with Gasteiger partial charge in [-0.1, -0.05) is 6.07 Å². The van der Waals surface area contributed by atoms with E-state index >= 15 is 0 Å². The fourth-order valence-corrected chi connectivity index (χ4v) is 2.16. The fraction of sp³-hybridized carbons (Fsp3) is 0.143. The first-order valence-corrected chi connectivity index (χ1v) is 5.70. The van der Waals surface area contributed by atoms with E-state index in [1.54, 1.807) is 30.7 Å². The second-order valence-electron chi connectivity index (χ2n) is 4.31. The van der Waals surface area contributed by atoms with E-state index in [1.807, 2.05) is 0 Å². The molecule has 0 atom stereocenters. The van der Waals surface area contributed by atoms with Crippen LogP contribution < -0.4 is 0 Å². The van der Waals surface area contributed by atoms with E-state index in [-0.39, 0.29) is 0 Å². The lowest BCUT2D eigenvalue weighted by atomic mass is 9.95. The maximum absolute atomic E-state index is 12.9. The quantitative estimate of drug-likeness (QED) is 0.769. The molecule has 0 saturated carbocycles. The van der Waals surface area contributed by atoms with Crippen molar-refractivity contribution in [3.8, 4) is 11.1 Å². The third-order valence-corrected chi connectivity index (χ3v) is 3.05. The number of aromatic nitrogens is 1. The maximum atomic E-state index is 12.9. The van der Waals surface area contributed by atoms with E-state index in [2.05, 4.69) is 9.98 Å². The van der Waals surface area contributed by atoms with Gasteiger partial charge in [-0.2, -0.15) is 13.2 Å². The Morgan fingerprint density at radius 3 is 2.68 bits per heavy atom. The van der Waals surface area contributed by atoms with Crippen molar-refractivity contribution < 1.29 is 13.2 Å². The zero-order chi connectivity index (χ0) is 13.5. The highest BCUT2D eigenvalue weighted by Crippen LogP contribution is 2.36. The summed E-state index contributed by atoms with van der Waals surface area (Å²) >= 11 is 0. The molecule has 0 bridgehead atoms. The Balaban J connectivity index is 2.23. The lowest BCUT2D eigenvalue weighted by molar-refractivity contribution is -0.137. The van der Waals surface area contributed by atoms with Crippen LogP contribution in [0, 0.1) is 0 Å². The molecule has 1 aromatic carbocycles. The van der Waals surface area contributed by atoms with Crippen molar-refractivity contribution in [2.24, 2.45) is 4.99 Å². The van der Waals surface area contributed by atoms with Gasteiger partial charge in [0, 0.05) is 29.7 Å². The van der Waals surface area contributed by atoms with Gasteiger partial charge in [0.05, 0.1) is 12.1 Å². The zero-order valence-corrected chi connectivity index (χ0v) is 9.78. The number of nitrogens with zero attached hydrogens (tertiary/aromatic N) is 2. The van der Waals surface area contributed by atoms with Gasteiger partial charge in [-0.15, -0.1) is 0 Å². The van der Waals surface area contributed by atoms with Crippen molar-refractivity contribution in [1.29, 1.82) is 0 Å². The Kier molecular flexibility index (Phi) is 2.62. The molecule has 2 heterocycles. The van der Waals surface area contributed by atoms with E-state index in [0.29, 0.717) is 23.2 Å². The first-order chi connectivity index (χ1) is 9.05. The molecule has 0 radical (unpaired) electrons. The molecule has 0 unspecified atom stereocenters. The second kappa shape index (κ2) is 4.19. The van der Waals surface area contributed by atoms with Gasteiger partial charge >= 0.3 is 6.18 Å². The number of fused-ring (bicyclic) bond motifs is 1. The number of aliphatic imine (C=N–C) groups is 1. The Labute approximate surface area is 107 Å². The van der Waals surface area contributed by atoms with Gasteiger partial charge in [-0.05, 0) is 29.3 Å². The number of hydrogen-bond donors (Lipinski definition) is 0. The van der Waals surface area contributed by atoms with Crippen molar-refractivity contribution in [2.75, 3.05) is 0 Å². The number of pyridine rings is 1. The summed E-state index contributed by atoms with van der Waals surface area (Å²) in [5.41, 5.74) is 1.91. The van der Waals surface area contributed by atoms with Gasteiger partial charge in [0.25, 0.3) is 0 Å². The Bertz CT molecular complexity index is 646. The number of benzene rings is 1. The predicted octanol–water partition coefficient (Wildman–Crippen LogP) is 3.70. The first-order valence-electron chi connectivity index (χ1n) is 5.70. The second-order valence-corrected chi connectivity index (χ2v) is 4.31. The molecule has 0 spiro atoms. The molecule has 1 aliphatic heterocycles. The van der Waals surface area contributed by atoms with Crippen LogP contribution >= 0.6 is 0 Å². The topological polar surface area (TPSA) is 25.2 Å². The van der Waals surface area contributed by atoms with Crippen molar-refractivity contribution in [3.05, 3.63) is 53.3 Å². The summed E-state index contributed by atoms with van der Waals surface area (Å²) in [6, 6.07) is 5.78. The molecule has 2 nitrogen and oxygen atoms in total. The van der Waals surface area contributed by atoms with Crippen LogP contribution in [0.4, 0.5) is 13.2 Å². The minimum atomic E-state index is -4.35. The van der Waals surface area contributed by atoms with Crippen LogP contribution in [-0.2, 0) is 12.7 Å².